The van der Waals surface area contributed by atoms with Gasteiger partial charge in [0.05, 0.1) is 6.61 Å². The lowest BCUT2D eigenvalue weighted by Gasteiger charge is -2.38. The summed E-state index contributed by atoms with van der Waals surface area (Å²) in [4.78, 5) is 16.4. The molecule has 0 aliphatic carbocycles. The molecule has 0 saturated carbocycles. The monoisotopic (exact) mass is 257 g/mol. The standard InChI is InChI=1S/C13H27N3O2/c1-5-18-13(17)12(14-3)6-7-16-9-8-15(4)11(2)10-16/h11-12,14H,5-10H2,1-4H3. The summed E-state index contributed by atoms with van der Waals surface area (Å²) in [7, 11) is 3.98. The fourth-order valence-corrected chi connectivity index (χ4v) is 2.26. The van der Waals surface area contributed by atoms with Gasteiger partial charge in [-0.05, 0) is 34.4 Å². The van der Waals surface area contributed by atoms with Crippen LogP contribution in [0.25, 0.3) is 0 Å². The summed E-state index contributed by atoms with van der Waals surface area (Å²) in [5.74, 6) is -0.137. The van der Waals surface area contributed by atoms with Gasteiger partial charge in [-0.25, -0.2) is 0 Å². The van der Waals surface area contributed by atoms with Crippen LogP contribution in [0.1, 0.15) is 20.3 Å². The van der Waals surface area contributed by atoms with Crippen molar-refractivity contribution < 1.29 is 9.53 Å². The van der Waals surface area contributed by atoms with Crippen LogP contribution < -0.4 is 5.32 Å². The molecule has 5 heteroatoms. The number of esters is 1. The van der Waals surface area contributed by atoms with Crippen molar-refractivity contribution in [3.63, 3.8) is 0 Å². The molecule has 106 valence electrons. The molecule has 1 rings (SSSR count). The van der Waals surface area contributed by atoms with Crippen molar-refractivity contribution in [2.24, 2.45) is 0 Å². The van der Waals surface area contributed by atoms with E-state index in [4.69, 9.17) is 4.74 Å². The number of hydrogen-bond acceptors (Lipinski definition) is 5. The van der Waals surface area contributed by atoms with Crippen LogP contribution in [0.4, 0.5) is 0 Å². The van der Waals surface area contributed by atoms with Gasteiger partial charge in [0.2, 0.25) is 0 Å². The van der Waals surface area contributed by atoms with Crippen LogP contribution in [-0.2, 0) is 9.53 Å². The topological polar surface area (TPSA) is 44.8 Å². The molecule has 0 bridgehead atoms. The highest BCUT2D eigenvalue weighted by Crippen LogP contribution is 2.08. The minimum Gasteiger partial charge on any atom is -0.465 e. The molecule has 0 aromatic rings. The maximum absolute atomic E-state index is 11.7. The van der Waals surface area contributed by atoms with E-state index < -0.39 is 0 Å². The summed E-state index contributed by atoms with van der Waals surface area (Å²) in [5.41, 5.74) is 0. The number of ether oxygens (including phenoxy) is 1. The Kier molecular flexibility index (Phi) is 6.60. The highest BCUT2D eigenvalue weighted by Gasteiger charge is 2.23. The highest BCUT2D eigenvalue weighted by atomic mass is 16.5. The number of nitrogens with zero attached hydrogens (tertiary/aromatic N) is 2. The third-order valence-electron chi connectivity index (χ3n) is 3.70. The summed E-state index contributed by atoms with van der Waals surface area (Å²) in [5, 5.41) is 3.03. The van der Waals surface area contributed by atoms with Crippen LogP contribution in [0.5, 0.6) is 0 Å². The summed E-state index contributed by atoms with van der Waals surface area (Å²) < 4.78 is 5.04. The third-order valence-corrected chi connectivity index (χ3v) is 3.70. The van der Waals surface area contributed by atoms with Crippen molar-refractivity contribution in [2.45, 2.75) is 32.4 Å². The summed E-state index contributed by atoms with van der Waals surface area (Å²) >= 11 is 0. The van der Waals surface area contributed by atoms with Crippen LogP contribution in [0.15, 0.2) is 0 Å². The van der Waals surface area contributed by atoms with Crippen molar-refractivity contribution in [2.75, 3.05) is 46.9 Å². The molecule has 2 atom stereocenters. The molecule has 0 spiro atoms. The van der Waals surface area contributed by atoms with Gasteiger partial charge in [-0.15, -0.1) is 0 Å². The Morgan fingerprint density at radius 3 is 2.78 bits per heavy atom. The Labute approximate surface area is 110 Å². The minimum atomic E-state index is -0.181. The first-order valence-electron chi connectivity index (χ1n) is 6.85. The molecule has 5 nitrogen and oxygen atoms in total. The molecule has 0 radical (unpaired) electrons. The van der Waals surface area contributed by atoms with Crippen LogP contribution in [0.3, 0.4) is 0 Å². The van der Waals surface area contributed by atoms with Crippen molar-refractivity contribution in [3.05, 3.63) is 0 Å². The molecule has 1 aliphatic rings. The van der Waals surface area contributed by atoms with E-state index in [-0.39, 0.29) is 12.0 Å². The molecular formula is C13H27N3O2. The van der Waals surface area contributed by atoms with Gasteiger partial charge in [0.1, 0.15) is 6.04 Å². The molecule has 0 aromatic carbocycles. The van der Waals surface area contributed by atoms with Crippen LogP contribution >= 0.6 is 0 Å². The number of carbonyl (C=O) groups is 1. The van der Waals surface area contributed by atoms with Gasteiger partial charge in [-0.2, -0.15) is 0 Å². The molecule has 1 saturated heterocycles. The molecule has 0 amide bonds. The van der Waals surface area contributed by atoms with E-state index in [2.05, 4.69) is 29.1 Å². The number of piperazine rings is 1. The fraction of sp³-hybridized carbons (Fsp3) is 0.923. The third kappa shape index (κ3) is 4.55. The maximum Gasteiger partial charge on any atom is 0.323 e. The van der Waals surface area contributed by atoms with E-state index in [1.54, 1.807) is 0 Å². The first-order valence-corrected chi connectivity index (χ1v) is 6.85. The Bertz CT molecular complexity index is 261. The van der Waals surface area contributed by atoms with E-state index in [1.807, 2.05) is 14.0 Å². The van der Waals surface area contributed by atoms with Gasteiger partial charge < -0.3 is 19.9 Å². The molecule has 1 N–H and O–H groups in total. The fourth-order valence-electron chi connectivity index (χ4n) is 2.26. The molecule has 1 fully saturated rings. The SMILES string of the molecule is CCOC(=O)C(CCN1CCN(C)C(C)C1)NC. The van der Waals surface area contributed by atoms with Gasteiger partial charge >= 0.3 is 5.97 Å². The number of rotatable bonds is 6. The van der Waals surface area contributed by atoms with Gasteiger partial charge in [0.25, 0.3) is 0 Å². The largest absolute Gasteiger partial charge is 0.465 e. The molecule has 0 aromatic heterocycles. The second kappa shape index (κ2) is 7.71. The number of carbonyl (C=O) groups excluding carboxylic acids is 1. The summed E-state index contributed by atoms with van der Waals surface area (Å²) in [6.45, 7) is 8.74. The van der Waals surface area contributed by atoms with Crippen molar-refractivity contribution in [3.8, 4) is 0 Å². The van der Waals surface area contributed by atoms with E-state index in [1.165, 1.54) is 0 Å². The second-order valence-electron chi connectivity index (χ2n) is 5.01. The predicted molar refractivity (Wildman–Crippen MR) is 72.6 cm³/mol. The van der Waals surface area contributed by atoms with Crippen molar-refractivity contribution in [1.82, 2.24) is 15.1 Å². The molecule has 1 aliphatic heterocycles. The van der Waals surface area contributed by atoms with Crippen LogP contribution in [0.2, 0.25) is 0 Å². The molecule has 18 heavy (non-hydrogen) atoms. The Morgan fingerprint density at radius 2 is 2.22 bits per heavy atom. The highest BCUT2D eigenvalue weighted by molar-refractivity contribution is 5.75. The van der Waals surface area contributed by atoms with Gasteiger partial charge in [-0.1, -0.05) is 0 Å². The zero-order chi connectivity index (χ0) is 13.5. The Balaban J connectivity index is 2.32. The number of nitrogens with one attached hydrogen (secondary N) is 1. The first-order chi connectivity index (χ1) is 8.58. The smallest absolute Gasteiger partial charge is 0.323 e. The van der Waals surface area contributed by atoms with E-state index >= 15 is 0 Å². The summed E-state index contributed by atoms with van der Waals surface area (Å²) in [6, 6.07) is 0.411. The average molecular weight is 257 g/mol. The first kappa shape index (κ1) is 15.4. The predicted octanol–water partition coefficient (Wildman–Crippen LogP) is 0.164. The van der Waals surface area contributed by atoms with Crippen molar-refractivity contribution >= 4 is 5.97 Å². The van der Waals surface area contributed by atoms with E-state index in [0.29, 0.717) is 12.6 Å². The molecular weight excluding hydrogens is 230 g/mol. The normalized spacial score (nSPS) is 23.9. The maximum atomic E-state index is 11.7. The molecule has 2 unspecified atom stereocenters. The van der Waals surface area contributed by atoms with Gasteiger partial charge in [0, 0.05) is 32.2 Å². The Morgan fingerprint density at radius 1 is 1.50 bits per heavy atom. The quantitative estimate of drug-likeness (QED) is 0.687. The van der Waals surface area contributed by atoms with Crippen LogP contribution in [-0.4, -0.2) is 74.7 Å². The lowest BCUT2D eigenvalue weighted by atomic mass is 10.1. The number of likely N-dealkylation sites (N-methyl/N-ethyl adjacent to an activating group) is 2. The van der Waals surface area contributed by atoms with E-state index in [9.17, 15) is 4.79 Å². The zero-order valence-electron chi connectivity index (χ0n) is 12.1. The van der Waals surface area contributed by atoms with Gasteiger partial charge in [-0.3, -0.25) is 4.79 Å². The van der Waals surface area contributed by atoms with E-state index in [0.717, 1.165) is 32.6 Å². The average Bonchev–Trinajstić information content (AvgIpc) is 2.34. The number of hydrogen-bond donors (Lipinski definition) is 1. The van der Waals surface area contributed by atoms with Crippen LogP contribution in [0, 0.1) is 0 Å². The van der Waals surface area contributed by atoms with Crippen molar-refractivity contribution in [1.29, 1.82) is 0 Å². The lowest BCUT2D eigenvalue weighted by molar-refractivity contribution is -0.145. The Hall–Kier alpha value is -0.650. The van der Waals surface area contributed by atoms with Gasteiger partial charge in [0.15, 0.2) is 0 Å². The molecule has 1 heterocycles. The lowest BCUT2D eigenvalue weighted by Crippen LogP contribution is -2.51. The zero-order valence-corrected chi connectivity index (χ0v) is 12.1. The summed E-state index contributed by atoms with van der Waals surface area (Å²) in [6.07, 6.45) is 0.811. The second-order valence-corrected chi connectivity index (χ2v) is 5.01. The minimum absolute atomic E-state index is 0.137.